The van der Waals surface area contributed by atoms with Crippen LogP contribution in [0.3, 0.4) is 0 Å². The van der Waals surface area contributed by atoms with Gasteiger partial charge >= 0.3 is 0 Å². The van der Waals surface area contributed by atoms with Gasteiger partial charge in [-0.15, -0.1) is 47.5 Å². The standard InChI is InChI=1S/C32H36N3.C25H22N3.Ir/c1-5-6-7-8-9-10-13-25-20-23(2)31(24(3)21-25)35-19-18-33-32(35)26-16-17-30-28(22-26)27-14-11-12-15-29(27)34(30)4;1-16-13-17(2)24(18(3)14-16)28-12-11-26-25(28)19-9-10-23-21(15-19)20-7-5-6-8-22(20)27(23)4;/h11-12,14-15,17-22H,5-10,13H2,1-4H3;5-8,10-15H,1-4H3;/q2*-1;. The largest absolute Gasteiger partial charge is 0.383 e. The maximum absolute atomic E-state index is 4.77. The van der Waals surface area contributed by atoms with Crippen molar-refractivity contribution in [2.45, 2.75) is 86.5 Å². The second-order valence-electron chi connectivity index (χ2n) is 17.5. The van der Waals surface area contributed by atoms with Crippen molar-refractivity contribution in [1.82, 2.24) is 28.2 Å². The summed E-state index contributed by atoms with van der Waals surface area (Å²) in [5, 5.41) is 5.01. The number of para-hydroxylation sites is 2. The van der Waals surface area contributed by atoms with Crippen LogP contribution in [0.4, 0.5) is 0 Å². The fourth-order valence-corrected chi connectivity index (χ4v) is 10.1. The van der Waals surface area contributed by atoms with Crippen LogP contribution in [0.25, 0.3) is 77.8 Å². The van der Waals surface area contributed by atoms with Crippen molar-refractivity contribution < 1.29 is 20.1 Å². The monoisotopic (exact) mass is 1020 g/mol. The van der Waals surface area contributed by atoms with Gasteiger partial charge in [-0.2, -0.15) is 0 Å². The molecule has 0 saturated carbocycles. The Morgan fingerprint density at radius 3 is 1.42 bits per heavy atom. The van der Waals surface area contributed by atoms with Gasteiger partial charge in [-0.25, -0.2) is 0 Å². The molecule has 64 heavy (non-hydrogen) atoms. The molecule has 0 atom stereocenters. The van der Waals surface area contributed by atoms with Gasteiger partial charge in [-0.05, 0) is 109 Å². The average molecular weight is 1020 g/mol. The molecule has 0 bridgehead atoms. The number of hydrogen-bond acceptors (Lipinski definition) is 2. The number of nitrogens with zero attached hydrogens (tertiary/aromatic N) is 6. The van der Waals surface area contributed by atoms with Crippen molar-refractivity contribution in [3.05, 3.63) is 167 Å². The van der Waals surface area contributed by atoms with Crippen molar-refractivity contribution in [2.75, 3.05) is 0 Å². The fourth-order valence-electron chi connectivity index (χ4n) is 10.1. The second kappa shape index (κ2) is 19.0. The predicted molar refractivity (Wildman–Crippen MR) is 264 cm³/mol. The van der Waals surface area contributed by atoms with E-state index in [1.54, 1.807) is 0 Å². The Morgan fingerprint density at radius 1 is 0.500 bits per heavy atom. The molecule has 4 heterocycles. The molecule has 0 aliphatic rings. The first-order valence-electron chi connectivity index (χ1n) is 22.7. The van der Waals surface area contributed by atoms with Gasteiger partial charge in [0.25, 0.3) is 0 Å². The Kier molecular flexibility index (Phi) is 13.2. The van der Waals surface area contributed by atoms with Gasteiger partial charge in [0.05, 0.1) is 11.6 Å². The molecule has 0 unspecified atom stereocenters. The minimum atomic E-state index is 0. The number of hydrogen-bond donors (Lipinski definition) is 0. The summed E-state index contributed by atoms with van der Waals surface area (Å²) in [6.07, 6.45) is 17.1. The number of aromatic nitrogens is 6. The van der Waals surface area contributed by atoms with E-state index < -0.39 is 0 Å². The number of unbranched alkanes of at least 4 members (excludes halogenated alkanes) is 5. The van der Waals surface area contributed by atoms with Crippen LogP contribution < -0.4 is 0 Å². The van der Waals surface area contributed by atoms with Crippen LogP contribution in [-0.4, -0.2) is 28.2 Å². The van der Waals surface area contributed by atoms with Crippen LogP contribution in [0.5, 0.6) is 0 Å². The first-order valence-corrected chi connectivity index (χ1v) is 22.7. The zero-order valence-corrected chi connectivity index (χ0v) is 40.9. The Morgan fingerprint density at radius 2 is 0.938 bits per heavy atom. The van der Waals surface area contributed by atoms with Gasteiger partial charge < -0.3 is 18.3 Å². The molecule has 10 rings (SSSR count). The second-order valence-corrected chi connectivity index (χ2v) is 17.5. The maximum atomic E-state index is 4.77. The molecule has 0 fully saturated rings. The normalized spacial score (nSPS) is 11.4. The maximum Gasteiger partial charge on any atom is 0.0603 e. The van der Waals surface area contributed by atoms with E-state index in [0.717, 1.165) is 29.2 Å². The van der Waals surface area contributed by atoms with E-state index in [0.29, 0.717) is 0 Å². The smallest absolute Gasteiger partial charge is 0.0603 e. The van der Waals surface area contributed by atoms with Gasteiger partial charge in [-0.3, -0.25) is 9.97 Å². The predicted octanol–water partition coefficient (Wildman–Crippen LogP) is 14.4. The van der Waals surface area contributed by atoms with Crippen LogP contribution in [0.2, 0.25) is 0 Å². The average Bonchev–Trinajstić information content (AvgIpc) is 4.07. The van der Waals surface area contributed by atoms with Crippen molar-refractivity contribution in [3.8, 4) is 34.2 Å². The van der Waals surface area contributed by atoms with Crippen molar-refractivity contribution in [3.63, 3.8) is 0 Å². The molecular weight excluding hydrogens is 961 g/mol. The first kappa shape index (κ1) is 44.6. The third-order valence-corrected chi connectivity index (χ3v) is 12.9. The van der Waals surface area contributed by atoms with E-state index in [9.17, 15) is 0 Å². The molecule has 0 saturated heterocycles. The Labute approximate surface area is 392 Å². The number of imidazole rings is 2. The fraction of sp³-hybridized carbons (Fsp3) is 0.263. The Hall–Kier alpha value is -6.01. The van der Waals surface area contributed by atoms with Crippen LogP contribution in [0.15, 0.2) is 122 Å². The van der Waals surface area contributed by atoms with Crippen molar-refractivity contribution in [2.24, 2.45) is 14.1 Å². The van der Waals surface area contributed by atoms with Crippen molar-refractivity contribution in [1.29, 1.82) is 0 Å². The van der Waals surface area contributed by atoms with E-state index in [4.69, 9.17) is 4.98 Å². The summed E-state index contributed by atoms with van der Waals surface area (Å²) in [7, 11) is 4.23. The van der Waals surface area contributed by atoms with Gasteiger partial charge in [0.2, 0.25) is 0 Å². The zero-order chi connectivity index (χ0) is 43.8. The van der Waals surface area contributed by atoms with E-state index in [1.165, 1.54) is 127 Å². The van der Waals surface area contributed by atoms with Gasteiger partial charge in [0, 0.05) is 81.4 Å². The first-order chi connectivity index (χ1) is 30.6. The summed E-state index contributed by atoms with van der Waals surface area (Å²) in [5.41, 5.74) is 17.2. The molecule has 327 valence electrons. The molecular formula is C57H58IrN6-2. The Bertz CT molecular complexity index is 3220. The molecule has 10 aromatic rings. The molecule has 1 radical (unpaired) electrons. The van der Waals surface area contributed by atoms with Crippen molar-refractivity contribution >= 4 is 43.6 Å². The van der Waals surface area contributed by atoms with Crippen LogP contribution >= 0.6 is 0 Å². The van der Waals surface area contributed by atoms with E-state index in [1.807, 2.05) is 18.6 Å². The minimum Gasteiger partial charge on any atom is -0.383 e. The number of aryl methyl sites for hydroxylation is 8. The van der Waals surface area contributed by atoms with Crippen LogP contribution in [-0.2, 0) is 40.6 Å². The summed E-state index contributed by atoms with van der Waals surface area (Å²) in [4.78, 5) is 9.46. The molecule has 0 amide bonds. The minimum absolute atomic E-state index is 0. The summed E-state index contributed by atoms with van der Waals surface area (Å²) in [6, 6.07) is 41.9. The summed E-state index contributed by atoms with van der Waals surface area (Å²) < 4.78 is 8.90. The molecule has 0 aliphatic carbocycles. The van der Waals surface area contributed by atoms with Gasteiger partial charge in [0.15, 0.2) is 0 Å². The van der Waals surface area contributed by atoms with Gasteiger partial charge in [0.1, 0.15) is 0 Å². The molecule has 4 aromatic heterocycles. The summed E-state index contributed by atoms with van der Waals surface area (Å²) in [6.45, 7) is 13.2. The molecule has 7 heteroatoms. The topological polar surface area (TPSA) is 45.5 Å². The SMILES string of the molecule is CCCCCCCCc1cc(C)c(-n2ccnc2-c2[c-]cc3c(c2)c2ccccc2n3C)c(C)c1.Cc1cc(C)c(-n2ccnc2-c2[c-]cc3c(c2)c2ccccc2n3C)c(C)c1.[Ir]. The molecule has 0 spiro atoms. The summed E-state index contributed by atoms with van der Waals surface area (Å²) >= 11 is 0. The van der Waals surface area contributed by atoms with E-state index >= 15 is 0 Å². The van der Waals surface area contributed by atoms with Crippen LogP contribution in [0.1, 0.15) is 78.8 Å². The third-order valence-electron chi connectivity index (χ3n) is 12.9. The zero-order valence-electron chi connectivity index (χ0n) is 38.5. The quantitative estimate of drug-likeness (QED) is 0.0957. The molecule has 0 N–H and O–H groups in total. The number of rotatable bonds is 11. The Balaban J connectivity index is 0.000000176. The van der Waals surface area contributed by atoms with Crippen LogP contribution in [0, 0.1) is 46.8 Å². The molecule has 0 aliphatic heterocycles. The number of fused-ring (bicyclic) bond motifs is 6. The molecule has 6 nitrogen and oxygen atoms in total. The van der Waals surface area contributed by atoms with Gasteiger partial charge in [-0.1, -0.05) is 116 Å². The van der Waals surface area contributed by atoms with E-state index in [-0.39, 0.29) is 20.1 Å². The van der Waals surface area contributed by atoms with E-state index in [2.05, 4.69) is 194 Å². The number of benzene rings is 6. The third kappa shape index (κ3) is 8.40. The summed E-state index contributed by atoms with van der Waals surface area (Å²) in [5.74, 6) is 1.86. The molecule has 6 aromatic carbocycles.